The third-order valence-electron chi connectivity index (χ3n) is 7.95. The third-order valence-corrected chi connectivity index (χ3v) is 7.95. The number of aryl methyl sites for hydroxylation is 1. The average molecular weight is 514 g/mol. The van der Waals surface area contributed by atoms with Crippen molar-refractivity contribution in [2.75, 3.05) is 25.1 Å². The Balaban J connectivity index is 1.39. The number of ketones is 1. The van der Waals surface area contributed by atoms with Gasteiger partial charge in [0.15, 0.2) is 5.78 Å². The van der Waals surface area contributed by atoms with E-state index in [9.17, 15) is 9.59 Å². The van der Waals surface area contributed by atoms with E-state index in [1.807, 2.05) is 31.2 Å². The van der Waals surface area contributed by atoms with Crippen LogP contribution in [0, 0.1) is 19.8 Å². The van der Waals surface area contributed by atoms with E-state index in [0.29, 0.717) is 23.7 Å². The number of carbonyl (C=O) groups excluding carboxylic acids is 1. The number of pyridine rings is 1. The van der Waals surface area contributed by atoms with Crippen LogP contribution < -0.4 is 15.2 Å². The van der Waals surface area contributed by atoms with Gasteiger partial charge in [0.2, 0.25) is 5.95 Å². The number of anilines is 1. The number of ether oxygens (including phenoxy) is 1. The lowest BCUT2D eigenvalue weighted by molar-refractivity contribution is 0.0983. The zero-order valence-electron chi connectivity index (χ0n) is 22.5. The fraction of sp³-hybridized carbons (Fsp3) is 0.400. The summed E-state index contributed by atoms with van der Waals surface area (Å²) in [5.74, 6) is 1.84. The zero-order chi connectivity index (χ0) is 26.8. The van der Waals surface area contributed by atoms with Crippen LogP contribution in [0.3, 0.4) is 0 Å². The van der Waals surface area contributed by atoms with Gasteiger partial charge in [0.05, 0.1) is 12.7 Å². The molecule has 1 aromatic carbocycles. The number of carbonyl (C=O) groups is 1. The van der Waals surface area contributed by atoms with Gasteiger partial charge in [-0.1, -0.05) is 18.2 Å². The monoisotopic (exact) mass is 513 g/mol. The number of hydrogen-bond donors (Lipinski definition) is 1. The summed E-state index contributed by atoms with van der Waals surface area (Å²) in [6, 6.07) is 12.0. The summed E-state index contributed by atoms with van der Waals surface area (Å²) in [5, 5.41) is 0.974. The van der Waals surface area contributed by atoms with Gasteiger partial charge >= 0.3 is 0 Å². The lowest BCUT2D eigenvalue weighted by Gasteiger charge is -2.36. The first kappa shape index (κ1) is 25.7. The Bertz CT molecular complexity index is 1500. The SMILES string of the molecule is COc1cc(C)[nH]c(=O)c1CCC(=O)c1c(C)n(C(C)C2CCN(c3ncccn3)CC2)c2ccccc12. The lowest BCUT2D eigenvalue weighted by Crippen LogP contribution is -2.37. The molecule has 4 heterocycles. The molecule has 0 radical (unpaired) electrons. The Morgan fingerprint density at radius 1 is 1.13 bits per heavy atom. The number of nitrogens with zero attached hydrogens (tertiary/aromatic N) is 4. The fourth-order valence-corrected chi connectivity index (χ4v) is 5.98. The van der Waals surface area contributed by atoms with Crippen molar-refractivity contribution in [2.24, 2.45) is 5.92 Å². The van der Waals surface area contributed by atoms with E-state index >= 15 is 0 Å². The number of nitrogens with one attached hydrogen (secondary N) is 1. The van der Waals surface area contributed by atoms with Crippen molar-refractivity contribution >= 4 is 22.6 Å². The molecule has 0 bridgehead atoms. The van der Waals surface area contributed by atoms with E-state index in [1.165, 1.54) is 0 Å². The molecule has 1 unspecified atom stereocenters. The van der Waals surface area contributed by atoms with Crippen molar-refractivity contribution in [3.63, 3.8) is 0 Å². The molecule has 5 rings (SSSR count). The largest absolute Gasteiger partial charge is 0.496 e. The molecule has 8 heteroatoms. The maximum atomic E-state index is 13.7. The van der Waals surface area contributed by atoms with E-state index < -0.39 is 0 Å². The number of piperidine rings is 1. The molecular formula is C30H35N5O3. The number of hydrogen-bond acceptors (Lipinski definition) is 6. The summed E-state index contributed by atoms with van der Waals surface area (Å²) in [7, 11) is 1.55. The molecule has 1 saturated heterocycles. The molecule has 1 N–H and O–H groups in total. The molecule has 3 aromatic heterocycles. The topological polar surface area (TPSA) is 93.1 Å². The number of methoxy groups -OCH3 is 1. The van der Waals surface area contributed by atoms with Crippen LogP contribution in [0.4, 0.5) is 5.95 Å². The molecule has 1 atom stereocenters. The minimum absolute atomic E-state index is 0.0442. The van der Waals surface area contributed by atoms with Crippen molar-refractivity contribution < 1.29 is 9.53 Å². The fourth-order valence-electron chi connectivity index (χ4n) is 5.98. The van der Waals surface area contributed by atoms with Crippen molar-refractivity contribution in [1.29, 1.82) is 0 Å². The van der Waals surface area contributed by atoms with E-state index in [-0.39, 0.29) is 23.8 Å². The Morgan fingerprint density at radius 3 is 2.55 bits per heavy atom. The average Bonchev–Trinajstić information content (AvgIpc) is 3.23. The van der Waals surface area contributed by atoms with Crippen molar-refractivity contribution in [3.8, 4) is 5.75 Å². The number of Topliss-reactive ketones (excluding diaryl/α,β-unsaturated/α-hetero) is 1. The van der Waals surface area contributed by atoms with Gasteiger partial charge in [0.25, 0.3) is 5.56 Å². The number of aromatic nitrogens is 4. The summed E-state index contributed by atoms with van der Waals surface area (Å²) in [6.45, 7) is 7.96. The maximum Gasteiger partial charge on any atom is 0.255 e. The molecule has 1 aliphatic heterocycles. The van der Waals surface area contributed by atoms with E-state index in [4.69, 9.17) is 4.74 Å². The second-order valence-corrected chi connectivity index (χ2v) is 10.2. The molecule has 198 valence electrons. The zero-order valence-corrected chi connectivity index (χ0v) is 22.5. The summed E-state index contributed by atoms with van der Waals surface area (Å²) >= 11 is 0. The van der Waals surface area contributed by atoms with Crippen LogP contribution in [0.5, 0.6) is 5.75 Å². The van der Waals surface area contributed by atoms with E-state index in [0.717, 1.165) is 59.7 Å². The molecule has 0 spiro atoms. The summed E-state index contributed by atoms with van der Waals surface area (Å²) in [5.41, 5.74) is 3.87. The molecular weight excluding hydrogens is 478 g/mol. The molecule has 1 aliphatic rings. The highest BCUT2D eigenvalue weighted by atomic mass is 16.5. The molecule has 8 nitrogen and oxygen atoms in total. The second-order valence-electron chi connectivity index (χ2n) is 10.2. The van der Waals surface area contributed by atoms with Gasteiger partial charge in [-0.15, -0.1) is 0 Å². The molecule has 1 fully saturated rings. The minimum atomic E-state index is -0.199. The highest BCUT2D eigenvalue weighted by molar-refractivity contribution is 6.09. The minimum Gasteiger partial charge on any atom is -0.496 e. The number of aromatic amines is 1. The molecule has 4 aromatic rings. The Kier molecular flexibility index (Phi) is 7.31. The maximum absolute atomic E-state index is 13.7. The summed E-state index contributed by atoms with van der Waals surface area (Å²) in [6.07, 6.45) is 6.20. The first-order valence-corrected chi connectivity index (χ1v) is 13.3. The lowest BCUT2D eigenvalue weighted by atomic mass is 9.90. The Labute approximate surface area is 222 Å². The van der Waals surface area contributed by atoms with Gasteiger partial charge < -0.3 is 19.2 Å². The van der Waals surface area contributed by atoms with Gasteiger partial charge in [-0.2, -0.15) is 0 Å². The predicted octanol–water partition coefficient (Wildman–Crippen LogP) is 5.04. The number of fused-ring (bicyclic) bond motifs is 1. The van der Waals surface area contributed by atoms with Crippen LogP contribution in [-0.4, -0.2) is 45.5 Å². The van der Waals surface area contributed by atoms with Gasteiger partial charge in [-0.3, -0.25) is 9.59 Å². The number of para-hydroxylation sites is 1. The van der Waals surface area contributed by atoms with Crippen LogP contribution in [-0.2, 0) is 6.42 Å². The quantitative estimate of drug-likeness (QED) is 0.332. The van der Waals surface area contributed by atoms with Crippen LogP contribution in [0.25, 0.3) is 10.9 Å². The second kappa shape index (κ2) is 10.8. The first-order chi connectivity index (χ1) is 18.4. The van der Waals surface area contributed by atoms with Crippen LogP contribution in [0.15, 0.2) is 53.6 Å². The number of rotatable bonds is 8. The van der Waals surface area contributed by atoms with E-state index in [1.54, 1.807) is 25.6 Å². The van der Waals surface area contributed by atoms with Gasteiger partial charge in [-0.05, 0) is 64.2 Å². The van der Waals surface area contributed by atoms with Crippen molar-refractivity contribution in [1.82, 2.24) is 19.5 Å². The van der Waals surface area contributed by atoms with Gasteiger partial charge in [0.1, 0.15) is 5.75 Å². The first-order valence-electron chi connectivity index (χ1n) is 13.3. The smallest absolute Gasteiger partial charge is 0.255 e. The highest BCUT2D eigenvalue weighted by Gasteiger charge is 2.29. The van der Waals surface area contributed by atoms with Crippen molar-refractivity contribution in [3.05, 3.63) is 81.7 Å². The third kappa shape index (κ3) is 4.83. The van der Waals surface area contributed by atoms with Crippen molar-refractivity contribution in [2.45, 2.75) is 52.5 Å². The predicted molar refractivity (Wildman–Crippen MR) is 149 cm³/mol. The van der Waals surface area contributed by atoms with E-state index in [2.05, 4.69) is 44.3 Å². The number of benzene rings is 1. The molecule has 38 heavy (non-hydrogen) atoms. The molecule has 0 aliphatic carbocycles. The number of H-pyrrole nitrogens is 1. The van der Waals surface area contributed by atoms with Gasteiger partial charge in [0, 0.05) is 65.8 Å². The normalized spacial score (nSPS) is 15.1. The van der Waals surface area contributed by atoms with Crippen LogP contribution in [0.2, 0.25) is 0 Å². The Morgan fingerprint density at radius 2 is 1.84 bits per heavy atom. The summed E-state index contributed by atoms with van der Waals surface area (Å²) in [4.78, 5) is 40.1. The summed E-state index contributed by atoms with van der Waals surface area (Å²) < 4.78 is 7.78. The molecule has 0 saturated carbocycles. The highest BCUT2D eigenvalue weighted by Crippen LogP contribution is 2.36. The standard InChI is InChI=1S/C30H35N5O3/c1-19-18-27(38-4)24(29(37)33-19)10-11-26(36)28-21(3)35(25-9-6-5-8-23(25)28)20(2)22-12-16-34(17-13-22)30-31-14-7-15-32-30/h5-9,14-15,18,20,22H,10-13,16-17H2,1-4H3,(H,33,37). The van der Waals surface area contributed by atoms with Crippen LogP contribution >= 0.6 is 0 Å². The Hall–Kier alpha value is -3.94. The van der Waals surface area contributed by atoms with Gasteiger partial charge in [-0.25, -0.2) is 9.97 Å². The molecule has 0 amide bonds. The van der Waals surface area contributed by atoms with Crippen LogP contribution in [0.1, 0.15) is 59.5 Å².